The first kappa shape index (κ1) is 24.7. The van der Waals surface area contributed by atoms with Gasteiger partial charge < -0.3 is 5.11 Å². The fraction of sp³-hybridized carbons (Fsp3) is 0.731. The molecule has 1 rings (SSSR count). The van der Waals surface area contributed by atoms with Gasteiger partial charge in [-0.2, -0.15) is 0 Å². The second-order valence-corrected chi connectivity index (χ2v) is 8.79. The van der Waals surface area contributed by atoms with Gasteiger partial charge in [0, 0.05) is 6.42 Å². The molecule has 1 unspecified atom stereocenters. The first-order chi connectivity index (χ1) is 13.5. The molecule has 1 atom stereocenters. The monoisotopic (exact) mass is 388 g/mol. The number of carbonyl (C=O) groups is 1. The Labute approximate surface area is 174 Å². The average Bonchev–Trinajstić information content (AvgIpc) is 2.64. The van der Waals surface area contributed by atoms with Crippen molar-refractivity contribution in [3.63, 3.8) is 0 Å². The first-order valence-electron chi connectivity index (χ1n) is 11.8. The van der Waals surface area contributed by atoms with Crippen molar-refractivity contribution >= 4 is 5.97 Å². The molecule has 0 aliphatic heterocycles. The number of hydrogen-bond donors (Lipinski definition) is 1. The van der Waals surface area contributed by atoms with Crippen LogP contribution in [0.15, 0.2) is 18.2 Å². The fourth-order valence-corrected chi connectivity index (χ4v) is 4.21. The molecule has 0 aromatic heterocycles. The van der Waals surface area contributed by atoms with Crippen LogP contribution in [0.5, 0.6) is 0 Å². The van der Waals surface area contributed by atoms with E-state index in [4.69, 9.17) is 5.11 Å². The van der Waals surface area contributed by atoms with Crippen molar-refractivity contribution in [1.29, 1.82) is 0 Å². The van der Waals surface area contributed by atoms with Gasteiger partial charge in [-0.3, -0.25) is 4.79 Å². The summed E-state index contributed by atoms with van der Waals surface area (Å²) in [4.78, 5) is 10.4. The predicted octanol–water partition coefficient (Wildman–Crippen LogP) is 8.34. The molecule has 1 aromatic rings. The van der Waals surface area contributed by atoms with E-state index in [-0.39, 0.29) is 0 Å². The summed E-state index contributed by atoms with van der Waals surface area (Å²) in [6.45, 7) is 6.80. The highest BCUT2D eigenvalue weighted by atomic mass is 16.4. The van der Waals surface area contributed by atoms with E-state index >= 15 is 0 Å². The van der Waals surface area contributed by atoms with Gasteiger partial charge in [0.25, 0.3) is 0 Å². The van der Waals surface area contributed by atoms with E-state index < -0.39 is 5.97 Å². The molecule has 0 aliphatic rings. The van der Waals surface area contributed by atoms with Crippen LogP contribution in [0.3, 0.4) is 0 Å². The van der Waals surface area contributed by atoms with Gasteiger partial charge in [-0.25, -0.2) is 0 Å². The molecule has 0 fully saturated rings. The van der Waals surface area contributed by atoms with Crippen LogP contribution in [0.2, 0.25) is 0 Å². The fourth-order valence-electron chi connectivity index (χ4n) is 4.21. The Hall–Kier alpha value is -1.31. The van der Waals surface area contributed by atoms with E-state index in [0.29, 0.717) is 12.3 Å². The Balaban J connectivity index is 1.87. The first-order valence-corrected chi connectivity index (χ1v) is 11.8. The third kappa shape index (κ3) is 12.2. The molecular weight excluding hydrogens is 344 g/mol. The normalized spacial score (nSPS) is 12.2. The highest BCUT2D eigenvalue weighted by Crippen LogP contribution is 2.26. The number of carboxylic acid groups (broad SMARTS) is 1. The van der Waals surface area contributed by atoms with Crippen LogP contribution >= 0.6 is 0 Å². The van der Waals surface area contributed by atoms with Gasteiger partial charge in [-0.05, 0) is 43.7 Å². The largest absolute Gasteiger partial charge is 0.481 e. The van der Waals surface area contributed by atoms with Crippen LogP contribution in [-0.2, 0) is 4.79 Å². The summed E-state index contributed by atoms with van der Waals surface area (Å²) >= 11 is 0. The predicted molar refractivity (Wildman–Crippen MR) is 121 cm³/mol. The molecule has 0 saturated carbocycles. The van der Waals surface area contributed by atoms with Gasteiger partial charge in [-0.15, -0.1) is 0 Å². The van der Waals surface area contributed by atoms with Gasteiger partial charge in [0.1, 0.15) is 0 Å². The zero-order valence-corrected chi connectivity index (χ0v) is 18.8. The topological polar surface area (TPSA) is 37.3 Å². The Kier molecular flexibility index (Phi) is 13.8. The number of unbranched alkanes of at least 4 members (excludes halogenated alkanes) is 12. The molecule has 0 aliphatic carbocycles. The maximum Gasteiger partial charge on any atom is 0.303 e. The van der Waals surface area contributed by atoms with Gasteiger partial charge in [0.05, 0.1) is 0 Å². The van der Waals surface area contributed by atoms with Crippen molar-refractivity contribution in [2.24, 2.45) is 0 Å². The smallest absolute Gasteiger partial charge is 0.303 e. The number of carboxylic acids is 1. The molecule has 0 amide bonds. The maximum absolute atomic E-state index is 10.4. The van der Waals surface area contributed by atoms with Gasteiger partial charge in [0.2, 0.25) is 0 Å². The van der Waals surface area contributed by atoms with Crippen LogP contribution < -0.4 is 0 Å². The lowest BCUT2D eigenvalue weighted by molar-refractivity contribution is -0.137. The summed E-state index contributed by atoms with van der Waals surface area (Å²) in [7, 11) is 0. The molecule has 0 saturated heterocycles. The van der Waals surface area contributed by atoms with E-state index in [1.54, 1.807) is 0 Å². The Morgan fingerprint density at radius 1 is 0.786 bits per heavy atom. The standard InChI is InChI=1S/C26H44O2/c1-22-19-20-25(24(3)21-22)23(2)17-15-13-11-9-7-5-4-6-8-10-12-14-16-18-26(27)28/h19-21,23H,4-18H2,1-3H3,(H,27,28). The van der Waals surface area contributed by atoms with Crippen LogP contribution in [0, 0.1) is 13.8 Å². The Morgan fingerprint density at radius 3 is 1.71 bits per heavy atom. The zero-order valence-electron chi connectivity index (χ0n) is 18.8. The van der Waals surface area contributed by atoms with Crippen LogP contribution in [0.4, 0.5) is 0 Å². The third-order valence-electron chi connectivity index (χ3n) is 5.98. The minimum absolute atomic E-state index is 0.338. The van der Waals surface area contributed by atoms with E-state index in [2.05, 4.69) is 39.0 Å². The van der Waals surface area contributed by atoms with Crippen LogP contribution in [-0.4, -0.2) is 11.1 Å². The molecule has 0 spiro atoms. The minimum atomic E-state index is -0.657. The van der Waals surface area contributed by atoms with Crippen LogP contribution in [0.1, 0.15) is 126 Å². The quantitative estimate of drug-likeness (QED) is 0.272. The van der Waals surface area contributed by atoms with E-state index in [9.17, 15) is 4.79 Å². The SMILES string of the molecule is Cc1ccc(C(C)CCCCCCCCCCCCCCCC(=O)O)c(C)c1. The van der Waals surface area contributed by atoms with Crippen molar-refractivity contribution < 1.29 is 9.90 Å². The van der Waals surface area contributed by atoms with Gasteiger partial charge in [0.15, 0.2) is 0 Å². The molecule has 2 heteroatoms. The number of rotatable bonds is 17. The molecular formula is C26H44O2. The summed E-state index contributed by atoms with van der Waals surface area (Å²) in [5.74, 6) is 0.0283. The summed E-state index contributed by atoms with van der Waals surface area (Å²) in [5, 5.41) is 8.59. The average molecular weight is 389 g/mol. The summed E-state index contributed by atoms with van der Waals surface area (Å²) in [6, 6.07) is 6.88. The second-order valence-electron chi connectivity index (χ2n) is 8.79. The van der Waals surface area contributed by atoms with E-state index in [1.807, 2.05) is 0 Å². The van der Waals surface area contributed by atoms with Crippen LogP contribution in [0.25, 0.3) is 0 Å². The molecule has 2 nitrogen and oxygen atoms in total. The molecule has 1 N–H and O–H groups in total. The Morgan fingerprint density at radius 2 is 1.25 bits per heavy atom. The van der Waals surface area contributed by atoms with Crippen molar-refractivity contribution in [3.8, 4) is 0 Å². The highest BCUT2D eigenvalue weighted by Gasteiger charge is 2.08. The minimum Gasteiger partial charge on any atom is -0.481 e. The maximum atomic E-state index is 10.4. The van der Waals surface area contributed by atoms with Crippen molar-refractivity contribution in [2.45, 2.75) is 123 Å². The third-order valence-corrected chi connectivity index (χ3v) is 5.98. The van der Waals surface area contributed by atoms with E-state index in [1.165, 1.54) is 93.7 Å². The molecule has 1 aromatic carbocycles. The number of aliphatic carboxylic acids is 1. The van der Waals surface area contributed by atoms with Crippen molar-refractivity contribution in [3.05, 3.63) is 34.9 Å². The summed E-state index contributed by atoms with van der Waals surface area (Å²) < 4.78 is 0. The summed E-state index contributed by atoms with van der Waals surface area (Å²) in [6.07, 6.45) is 18.4. The lowest BCUT2D eigenvalue weighted by Gasteiger charge is -2.15. The lowest BCUT2D eigenvalue weighted by Crippen LogP contribution is -1.97. The lowest BCUT2D eigenvalue weighted by atomic mass is 9.90. The Bertz CT molecular complexity index is 535. The molecule has 0 heterocycles. The number of benzene rings is 1. The second kappa shape index (κ2) is 15.6. The van der Waals surface area contributed by atoms with Gasteiger partial charge >= 0.3 is 5.97 Å². The molecule has 160 valence electrons. The van der Waals surface area contributed by atoms with E-state index in [0.717, 1.165) is 12.8 Å². The van der Waals surface area contributed by atoms with Gasteiger partial charge in [-0.1, -0.05) is 108 Å². The van der Waals surface area contributed by atoms with Crippen molar-refractivity contribution in [2.75, 3.05) is 0 Å². The number of aryl methyl sites for hydroxylation is 2. The summed E-state index contributed by atoms with van der Waals surface area (Å²) in [5.41, 5.74) is 4.35. The number of hydrogen-bond acceptors (Lipinski definition) is 1. The molecule has 28 heavy (non-hydrogen) atoms. The zero-order chi connectivity index (χ0) is 20.6. The molecule has 0 radical (unpaired) electrons. The highest BCUT2D eigenvalue weighted by molar-refractivity contribution is 5.66. The van der Waals surface area contributed by atoms with Crippen molar-refractivity contribution in [1.82, 2.24) is 0 Å². The molecule has 0 bridgehead atoms.